The number of methoxy groups -OCH3 is 1. The lowest BCUT2D eigenvalue weighted by Crippen LogP contribution is -2.22. The van der Waals surface area contributed by atoms with Crippen LogP contribution in [0.1, 0.15) is 5.56 Å². The van der Waals surface area contributed by atoms with Gasteiger partial charge in [-0.25, -0.2) is 13.4 Å². The summed E-state index contributed by atoms with van der Waals surface area (Å²) >= 11 is 6.04. The molecule has 0 heterocycles. The standard InChI is InChI=1S/C16H18ClN3O3S.HI/c1-23-15-8-5-12(9-14(15)17)20-16(18)19-10-11-3-6-13(7-4-11)24(2,21)22;/h3-9H,10H2,1-2H3,(H3,18,19,20);1H. The molecule has 0 aliphatic rings. The first kappa shape index (κ1) is 21.5. The average Bonchev–Trinajstić information content (AvgIpc) is 2.53. The van der Waals surface area contributed by atoms with Gasteiger partial charge in [-0.3, -0.25) is 0 Å². The number of nitrogens with one attached hydrogen (secondary N) is 1. The van der Waals surface area contributed by atoms with E-state index < -0.39 is 9.84 Å². The molecule has 3 N–H and O–H groups in total. The molecule has 0 bridgehead atoms. The minimum atomic E-state index is -3.20. The number of anilines is 1. The Labute approximate surface area is 169 Å². The monoisotopic (exact) mass is 495 g/mol. The summed E-state index contributed by atoms with van der Waals surface area (Å²) in [6.45, 7) is 0.326. The SMILES string of the molecule is COc1ccc(NC(N)=NCc2ccc(S(C)(=O)=O)cc2)cc1Cl.I. The van der Waals surface area contributed by atoms with E-state index in [2.05, 4.69) is 10.3 Å². The number of nitrogens with zero attached hydrogens (tertiary/aromatic N) is 1. The fourth-order valence-electron chi connectivity index (χ4n) is 1.95. The number of aliphatic imine (C=N–C) groups is 1. The zero-order chi connectivity index (χ0) is 17.7. The summed E-state index contributed by atoms with van der Waals surface area (Å²) in [4.78, 5) is 4.49. The van der Waals surface area contributed by atoms with Gasteiger partial charge in [0.25, 0.3) is 0 Å². The maximum atomic E-state index is 11.4. The summed E-state index contributed by atoms with van der Waals surface area (Å²) in [6.07, 6.45) is 1.17. The van der Waals surface area contributed by atoms with Crippen molar-refractivity contribution in [3.63, 3.8) is 0 Å². The lowest BCUT2D eigenvalue weighted by molar-refractivity contribution is 0.415. The third-order valence-electron chi connectivity index (χ3n) is 3.21. The Morgan fingerprint density at radius 2 is 1.88 bits per heavy atom. The van der Waals surface area contributed by atoms with Gasteiger partial charge in [0.1, 0.15) is 5.75 Å². The van der Waals surface area contributed by atoms with Crippen LogP contribution in [0.25, 0.3) is 0 Å². The number of hydrogen-bond donors (Lipinski definition) is 2. The summed E-state index contributed by atoms with van der Waals surface area (Å²) in [7, 11) is -1.66. The quantitative estimate of drug-likeness (QED) is 0.377. The van der Waals surface area contributed by atoms with E-state index in [-0.39, 0.29) is 34.8 Å². The highest BCUT2D eigenvalue weighted by atomic mass is 127. The van der Waals surface area contributed by atoms with E-state index in [1.54, 1.807) is 49.6 Å². The van der Waals surface area contributed by atoms with Crippen molar-refractivity contribution in [2.75, 3.05) is 18.7 Å². The Bertz CT molecular complexity index is 855. The average molecular weight is 496 g/mol. The zero-order valence-corrected chi connectivity index (χ0v) is 17.6. The molecule has 0 radical (unpaired) electrons. The van der Waals surface area contributed by atoms with Crippen LogP contribution in [0.5, 0.6) is 5.75 Å². The number of ether oxygens (including phenoxy) is 1. The number of sulfone groups is 1. The summed E-state index contributed by atoms with van der Waals surface area (Å²) < 4.78 is 27.9. The molecule has 0 amide bonds. The number of rotatable bonds is 5. The molecule has 6 nitrogen and oxygen atoms in total. The molecule has 0 unspecified atom stereocenters. The first-order valence-corrected chi connectivity index (χ1v) is 9.26. The Balaban J connectivity index is 0.00000312. The first-order chi connectivity index (χ1) is 11.3. The van der Waals surface area contributed by atoms with Crippen molar-refractivity contribution < 1.29 is 13.2 Å². The van der Waals surface area contributed by atoms with E-state index in [0.29, 0.717) is 23.0 Å². The maximum Gasteiger partial charge on any atom is 0.193 e. The van der Waals surface area contributed by atoms with Crippen molar-refractivity contribution >= 4 is 57.1 Å². The van der Waals surface area contributed by atoms with Crippen LogP contribution in [0, 0.1) is 0 Å². The van der Waals surface area contributed by atoms with Crippen LogP contribution >= 0.6 is 35.6 Å². The van der Waals surface area contributed by atoms with Gasteiger partial charge in [0.05, 0.1) is 23.6 Å². The molecular weight excluding hydrogens is 477 g/mol. The molecule has 2 aromatic carbocycles. The van der Waals surface area contributed by atoms with E-state index >= 15 is 0 Å². The predicted octanol–water partition coefficient (Wildman–Crippen LogP) is 3.30. The minimum absolute atomic E-state index is 0. The highest BCUT2D eigenvalue weighted by Gasteiger charge is 2.06. The molecule has 136 valence electrons. The van der Waals surface area contributed by atoms with Crippen LogP contribution < -0.4 is 15.8 Å². The van der Waals surface area contributed by atoms with E-state index in [4.69, 9.17) is 22.1 Å². The van der Waals surface area contributed by atoms with Crippen molar-refractivity contribution in [1.29, 1.82) is 0 Å². The second kappa shape index (κ2) is 9.25. The van der Waals surface area contributed by atoms with E-state index in [1.165, 1.54) is 6.26 Å². The summed E-state index contributed by atoms with van der Waals surface area (Å²) in [6, 6.07) is 11.7. The Morgan fingerprint density at radius 1 is 1.24 bits per heavy atom. The van der Waals surface area contributed by atoms with Crippen LogP contribution in [0.2, 0.25) is 5.02 Å². The highest BCUT2D eigenvalue weighted by molar-refractivity contribution is 14.0. The number of guanidine groups is 1. The van der Waals surface area contributed by atoms with E-state index in [0.717, 1.165) is 5.56 Å². The molecule has 0 aliphatic carbocycles. The summed E-state index contributed by atoms with van der Waals surface area (Å²) in [5.74, 6) is 0.798. The zero-order valence-electron chi connectivity index (χ0n) is 13.7. The first-order valence-electron chi connectivity index (χ1n) is 6.99. The highest BCUT2D eigenvalue weighted by Crippen LogP contribution is 2.27. The molecule has 0 fully saturated rings. The molecule has 0 atom stereocenters. The molecule has 2 rings (SSSR count). The van der Waals surface area contributed by atoms with Crippen LogP contribution in [0.4, 0.5) is 5.69 Å². The van der Waals surface area contributed by atoms with Crippen molar-refractivity contribution in [3.8, 4) is 5.75 Å². The van der Waals surface area contributed by atoms with E-state index in [9.17, 15) is 8.42 Å². The molecule has 25 heavy (non-hydrogen) atoms. The normalized spacial score (nSPS) is 11.6. The van der Waals surface area contributed by atoms with Gasteiger partial charge in [0, 0.05) is 11.9 Å². The summed E-state index contributed by atoms with van der Waals surface area (Å²) in [5, 5.41) is 3.40. The molecule has 9 heteroatoms. The van der Waals surface area contributed by atoms with Crippen molar-refractivity contribution in [1.82, 2.24) is 0 Å². The number of hydrogen-bond acceptors (Lipinski definition) is 4. The van der Waals surface area contributed by atoms with Gasteiger partial charge in [-0.05, 0) is 35.9 Å². The van der Waals surface area contributed by atoms with Crippen molar-refractivity contribution in [2.45, 2.75) is 11.4 Å². The molecule has 0 saturated heterocycles. The Morgan fingerprint density at radius 3 is 2.40 bits per heavy atom. The van der Waals surface area contributed by atoms with Gasteiger partial charge < -0.3 is 15.8 Å². The third-order valence-corrected chi connectivity index (χ3v) is 4.63. The molecule has 0 aliphatic heterocycles. The van der Waals surface area contributed by atoms with Gasteiger partial charge in [-0.15, -0.1) is 24.0 Å². The van der Waals surface area contributed by atoms with Crippen LogP contribution in [0.3, 0.4) is 0 Å². The number of benzene rings is 2. The largest absolute Gasteiger partial charge is 0.495 e. The van der Waals surface area contributed by atoms with E-state index in [1.807, 2.05) is 0 Å². The molecule has 0 spiro atoms. The fourth-order valence-corrected chi connectivity index (χ4v) is 2.84. The van der Waals surface area contributed by atoms with Crippen LogP contribution in [-0.4, -0.2) is 27.7 Å². The molecule has 2 aromatic rings. The number of nitrogens with two attached hydrogens (primary N) is 1. The topological polar surface area (TPSA) is 93.8 Å². The minimum Gasteiger partial charge on any atom is -0.495 e. The Kier molecular flexibility index (Phi) is 7.97. The van der Waals surface area contributed by atoms with Crippen molar-refractivity contribution in [3.05, 3.63) is 53.1 Å². The van der Waals surface area contributed by atoms with Crippen molar-refractivity contribution in [2.24, 2.45) is 10.7 Å². The Hall–Kier alpha value is -1.52. The van der Waals surface area contributed by atoms with Gasteiger partial charge in [-0.2, -0.15) is 0 Å². The maximum absolute atomic E-state index is 11.4. The second-order valence-electron chi connectivity index (χ2n) is 5.09. The van der Waals surface area contributed by atoms with Crippen LogP contribution in [-0.2, 0) is 16.4 Å². The smallest absolute Gasteiger partial charge is 0.193 e. The number of halogens is 2. The lowest BCUT2D eigenvalue weighted by atomic mass is 10.2. The fraction of sp³-hybridized carbons (Fsp3) is 0.188. The van der Waals surface area contributed by atoms with Crippen LogP contribution in [0.15, 0.2) is 52.4 Å². The summed E-state index contributed by atoms with van der Waals surface area (Å²) in [5.41, 5.74) is 7.38. The third kappa shape index (κ3) is 6.37. The lowest BCUT2D eigenvalue weighted by Gasteiger charge is -2.08. The second-order valence-corrected chi connectivity index (χ2v) is 7.51. The predicted molar refractivity (Wildman–Crippen MR) is 112 cm³/mol. The van der Waals surface area contributed by atoms with Gasteiger partial charge in [0.15, 0.2) is 15.8 Å². The van der Waals surface area contributed by atoms with Gasteiger partial charge in [-0.1, -0.05) is 23.7 Å². The van der Waals surface area contributed by atoms with Gasteiger partial charge >= 0.3 is 0 Å². The van der Waals surface area contributed by atoms with Gasteiger partial charge in [0.2, 0.25) is 0 Å². The molecule has 0 saturated carbocycles. The molecule has 0 aromatic heterocycles. The molecular formula is C16H19ClIN3O3S.